The van der Waals surface area contributed by atoms with Crippen molar-refractivity contribution in [2.45, 2.75) is 65.1 Å². The highest BCUT2D eigenvalue weighted by Crippen LogP contribution is 2.22. The Morgan fingerprint density at radius 1 is 1.00 bits per heavy atom. The topological polar surface area (TPSA) is 109 Å². The number of piperazine rings is 1. The lowest BCUT2D eigenvalue weighted by atomic mass is 10.0. The van der Waals surface area contributed by atoms with Gasteiger partial charge in [0.2, 0.25) is 11.8 Å². The number of hydrazine groups is 1. The van der Waals surface area contributed by atoms with Crippen molar-refractivity contribution in [3.05, 3.63) is 70.2 Å². The summed E-state index contributed by atoms with van der Waals surface area (Å²) in [6.45, 7) is 15.0. The lowest BCUT2D eigenvalue weighted by Crippen LogP contribution is -2.59. The number of benzene rings is 2. The second-order valence-corrected chi connectivity index (χ2v) is 12.9. The van der Waals surface area contributed by atoms with E-state index in [2.05, 4.69) is 47.2 Å². The van der Waals surface area contributed by atoms with Gasteiger partial charge in [0.05, 0.1) is 11.6 Å². The van der Waals surface area contributed by atoms with Crippen molar-refractivity contribution in [1.82, 2.24) is 25.1 Å². The van der Waals surface area contributed by atoms with Gasteiger partial charge in [-0.15, -0.1) is 0 Å². The molecule has 240 valence electrons. The quantitative estimate of drug-likeness (QED) is 0.431. The molecule has 2 saturated heterocycles. The summed E-state index contributed by atoms with van der Waals surface area (Å²) in [5, 5.41) is 17.6. The smallest absolute Gasteiger partial charge is 0.244 e. The third-order valence-electron chi connectivity index (χ3n) is 8.22. The van der Waals surface area contributed by atoms with Crippen molar-refractivity contribution in [3.8, 4) is 6.07 Å². The van der Waals surface area contributed by atoms with Gasteiger partial charge in [0.1, 0.15) is 6.04 Å². The highest BCUT2D eigenvalue weighted by atomic mass is 35.5. The highest BCUT2D eigenvalue weighted by molar-refractivity contribution is 6.30. The molecule has 0 saturated carbocycles. The molecule has 2 fully saturated rings. The van der Waals surface area contributed by atoms with Crippen LogP contribution in [0.25, 0.3) is 0 Å². The Morgan fingerprint density at radius 2 is 1.59 bits per heavy atom. The first-order valence-electron chi connectivity index (χ1n) is 15.7. The fourth-order valence-corrected chi connectivity index (χ4v) is 5.72. The Morgan fingerprint density at radius 3 is 2.11 bits per heavy atom. The molecule has 2 aromatic carbocycles. The number of carbonyl (C=O) groups excluding carboxylic acids is 2. The molecule has 2 aliphatic heterocycles. The number of nitrogens with two attached hydrogens (primary N) is 1. The summed E-state index contributed by atoms with van der Waals surface area (Å²) in [5.41, 5.74) is 8.76. The van der Waals surface area contributed by atoms with Gasteiger partial charge in [0, 0.05) is 69.3 Å². The standard InChI is InChI=1S/C27H43N7O2.C7H7Cl/c1-20(2)19-34(33-15-13-31(4)14-16-33)24-9-11-32(12-10-24)27(36)21(3)30-26(35)17-25(29)23-7-5-22(18-28)6-8-23;1-6-2-4-7(8)5-3-6/h5-8,20-21,24-25H,9-17,19,29H2,1-4H3,(H,30,35);2-5H,1H3/t21-,25?;/m1./s1. The van der Waals surface area contributed by atoms with Gasteiger partial charge in [-0.3, -0.25) is 9.59 Å². The molecule has 0 spiro atoms. The molecule has 2 aromatic rings. The normalized spacial score (nSPS) is 17.9. The molecule has 2 aliphatic rings. The third-order valence-corrected chi connectivity index (χ3v) is 8.48. The zero-order valence-electron chi connectivity index (χ0n) is 27.0. The van der Waals surface area contributed by atoms with Crippen LogP contribution in [0.2, 0.25) is 5.02 Å². The van der Waals surface area contributed by atoms with Gasteiger partial charge >= 0.3 is 0 Å². The average molecular weight is 624 g/mol. The molecule has 3 N–H and O–H groups in total. The first-order chi connectivity index (χ1) is 21.0. The molecule has 2 heterocycles. The number of piperidine rings is 1. The van der Waals surface area contributed by atoms with Gasteiger partial charge in [0.15, 0.2) is 0 Å². The van der Waals surface area contributed by atoms with Crippen LogP contribution in [0.4, 0.5) is 0 Å². The van der Waals surface area contributed by atoms with Gasteiger partial charge in [0.25, 0.3) is 0 Å². The van der Waals surface area contributed by atoms with Crippen molar-refractivity contribution in [2.24, 2.45) is 11.7 Å². The minimum absolute atomic E-state index is 0.0382. The molecule has 9 nitrogen and oxygen atoms in total. The predicted octanol–water partition coefficient (Wildman–Crippen LogP) is 4.21. The SMILES string of the molecule is CC(C)CN(C1CCN(C(=O)[C@@H](C)NC(=O)CC(N)c2ccc(C#N)cc2)CC1)N1CCN(C)CC1.Cc1ccc(Cl)cc1. The van der Waals surface area contributed by atoms with Gasteiger partial charge in [-0.25, -0.2) is 10.0 Å². The lowest BCUT2D eigenvalue weighted by Gasteiger charge is -2.47. The Labute approximate surface area is 268 Å². The molecule has 1 unspecified atom stereocenters. The maximum atomic E-state index is 13.1. The predicted molar refractivity (Wildman–Crippen MR) is 177 cm³/mol. The number of aryl methyl sites for hydroxylation is 1. The van der Waals surface area contributed by atoms with E-state index in [9.17, 15) is 9.59 Å². The number of amides is 2. The Bertz CT molecular complexity index is 1190. The molecule has 0 radical (unpaired) electrons. The molecule has 0 bridgehead atoms. The van der Waals surface area contributed by atoms with Crippen molar-refractivity contribution < 1.29 is 9.59 Å². The number of likely N-dealkylation sites (N-methyl/N-ethyl adjacent to an activating group) is 1. The number of halogens is 1. The van der Waals surface area contributed by atoms with Gasteiger partial charge in [-0.1, -0.05) is 55.3 Å². The second-order valence-electron chi connectivity index (χ2n) is 12.5. The van der Waals surface area contributed by atoms with Crippen LogP contribution in [0.15, 0.2) is 48.5 Å². The molecule has 2 atom stereocenters. The van der Waals surface area contributed by atoms with E-state index in [4.69, 9.17) is 22.6 Å². The van der Waals surface area contributed by atoms with Crippen LogP contribution in [-0.2, 0) is 9.59 Å². The van der Waals surface area contributed by atoms with Crippen molar-refractivity contribution >= 4 is 23.4 Å². The number of carbonyl (C=O) groups is 2. The van der Waals surface area contributed by atoms with E-state index in [1.54, 1.807) is 31.2 Å². The van der Waals surface area contributed by atoms with Crippen LogP contribution in [0.5, 0.6) is 0 Å². The summed E-state index contributed by atoms with van der Waals surface area (Å²) in [4.78, 5) is 29.9. The van der Waals surface area contributed by atoms with Crippen LogP contribution in [-0.4, -0.2) is 96.6 Å². The number of likely N-dealkylation sites (tertiary alicyclic amines) is 1. The van der Waals surface area contributed by atoms with Crippen LogP contribution in [0, 0.1) is 24.2 Å². The number of nitrogens with zero attached hydrogens (tertiary/aromatic N) is 5. The summed E-state index contributed by atoms with van der Waals surface area (Å²) in [6, 6.07) is 16.1. The summed E-state index contributed by atoms with van der Waals surface area (Å²) >= 11 is 5.61. The monoisotopic (exact) mass is 623 g/mol. The molecule has 4 rings (SSSR count). The van der Waals surface area contributed by atoms with E-state index in [0.717, 1.165) is 56.2 Å². The number of nitriles is 1. The van der Waals surface area contributed by atoms with E-state index in [1.165, 1.54) is 5.56 Å². The summed E-state index contributed by atoms with van der Waals surface area (Å²) in [5.74, 6) is 0.291. The summed E-state index contributed by atoms with van der Waals surface area (Å²) in [7, 11) is 2.18. The Kier molecular flexibility index (Phi) is 14.1. The Hall–Kier alpha value is -3.00. The zero-order valence-corrected chi connectivity index (χ0v) is 27.8. The maximum absolute atomic E-state index is 13.1. The van der Waals surface area contributed by atoms with Gasteiger partial charge < -0.3 is 20.9 Å². The van der Waals surface area contributed by atoms with E-state index in [-0.39, 0.29) is 18.2 Å². The highest BCUT2D eigenvalue weighted by Gasteiger charge is 2.33. The first-order valence-corrected chi connectivity index (χ1v) is 16.1. The molecule has 10 heteroatoms. The van der Waals surface area contributed by atoms with Crippen LogP contribution < -0.4 is 11.1 Å². The molecule has 0 aromatic heterocycles. The Balaban J connectivity index is 0.000000572. The minimum Gasteiger partial charge on any atom is -0.345 e. The van der Waals surface area contributed by atoms with Crippen LogP contribution in [0.1, 0.15) is 62.8 Å². The fourth-order valence-electron chi connectivity index (χ4n) is 5.60. The largest absolute Gasteiger partial charge is 0.345 e. The van der Waals surface area contributed by atoms with Gasteiger partial charge in [-0.05, 0) is 69.5 Å². The van der Waals surface area contributed by atoms with E-state index < -0.39 is 12.1 Å². The van der Waals surface area contributed by atoms with Gasteiger partial charge in [-0.2, -0.15) is 5.26 Å². The summed E-state index contributed by atoms with van der Waals surface area (Å²) < 4.78 is 0. The lowest BCUT2D eigenvalue weighted by molar-refractivity contribution is -0.140. The maximum Gasteiger partial charge on any atom is 0.244 e. The van der Waals surface area contributed by atoms with E-state index in [0.29, 0.717) is 30.6 Å². The zero-order chi connectivity index (χ0) is 32.2. The average Bonchev–Trinajstić information content (AvgIpc) is 3.01. The van der Waals surface area contributed by atoms with Crippen LogP contribution in [0.3, 0.4) is 0 Å². The molecular formula is C34H50ClN7O2. The molecular weight excluding hydrogens is 574 g/mol. The number of hydrogen-bond donors (Lipinski definition) is 2. The van der Waals surface area contributed by atoms with E-state index >= 15 is 0 Å². The van der Waals surface area contributed by atoms with Crippen LogP contribution >= 0.6 is 11.6 Å². The number of hydrogen-bond acceptors (Lipinski definition) is 7. The first kappa shape index (κ1) is 35.5. The number of rotatable bonds is 9. The van der Waals surface area contributed by atoms with E-state index in [1.807, 2.05) is 36.1 Å². The van der Waals surface area contributed by atoms with Crippen molar-refractivity contribution in [1.29, 1.82) is 5.26 Å². The molecule has 0 aliphatic carbocycles. The third kappa shape index (κ3) is 11.2. The fraction of sp³-hybridized carbons (Fsp3) is 0.559. The summed E-state index contributed by atoms with van der Waals surface area (Å²) in [6.07, 6.45) is 1.96. The molecule has 2 amide bonds. The molecule has 44 heavy (non-hydrogen) atoms. The van der Waals surface area contributed by atoms with Crippen molar-refractivity contribution in [2.75, 3.05) is 52.9 Å². The number of nitrogens with one attached hydrogen (secondary N) is 1. The van der Waals surface area contributed by atoms with Crippen molar-refractivity contribution in [3.63, 3.8) is 0 Å². The minimum atomic E-state index is -0.591. The second kappa shape index (κ2) is 17.5.